The Balaban J connectivity index is 1.90. The molecule has 152 valence electrons. The van der Waals surface area contributed by atoms with Crippen molar-refractivity contribution < 1.29 is 32.2 Å². The van der Waals surface area contributed by atoms with Crippen LogP contribution in [0, 0.1) is 0 Å². The molecule has 0 saturated carbocycles. The van der Waals surface area contributed by atoms with Gasteiger partial charge in [0, 0.05) is 13.7 Å². The van der Waals surface area contributed by atoms with Crippen LogP contribution in [0.5, 0.6) is 5.75 Å². The molecule has 0 amide bonds. The van der Waals surface area contributed by atoms with Crippen molar-refractivity contribution in [2.45, 2.75) is 38.1 Å². The first-order valence-corrected chi connectivity index (χ1v) is 8.93. The highest BCUT2D eigenvalue weighted by Gasteiger charge is 2.42. The smallest absolute Gasteiger partial charge is 0.425 e. The van der Waals surface area contributed by atoms with Crippen molar-refractivity contribution in [2.75, 3.05) is 13.7 Å². The minimum Gasteiger partial charge on any atom is -0.489 e. The van der Waals surface area contributed by atoms with Gasteiger partial charge in [0.25, 0.3) is 0 Å². The van der Waals surface area contributed by atoms with Gasteiger partial charge in [-0.2, -0.15) is 13.2 Å². The van der Waals surface area contributed by atoms with Gasteiger partial charge in [0.1, 0.15) is 12.4 Å². The van der Waals surface area contributed by atoms with Crippen LogP contribution in [0.3, 0.4) is 0 Å². The molecule has 0 bridgehead atoms. The predicted octanol–water partition coefficient (Wildman–Crippen LogP) is 5.17. The summed E-state index contributed by atoms with van der Waals surface area (Å²) in [6.07, 6.45) is -6.32. The van der Waals surface area contributed by atoms with E-state index in [9.17, 15) is 18.0 Å². The first-order valence-electron chi connectivity index (χ1n) is 8.93. The number of hydrogen-bond acceptors (Lipinski definition) is 4. The second kappa shape index (κ2) is 10.7. The third-order valence-corrected chi connectivity index (χ3v) is 4.02. The molecule has 0 heterocycles. The molecule has 0 radical (unpaired) electrons. The van der Waals surface area contributed by atoms with Gasteiger partial charge in [-0.15, -0.1) is 0 Å². The molecule has 7 heteroatoms. The zero-order valence-electron chi connectivity index (χ0n) is 15.6. The van der Waals surface area contributed by atoms with E-state index in [0.29, 0.717) is 25.4 Å². The van der Waals surface area contributed by atoms with Gasteiger partial charge in [-0.25, -0.2) is 4.79 Å². The minimum absolute atomic E-state index is 0.0400. The molecule has 4 nitrogen and oxygen atoms in total. The van der Waals surface area contributed by atoms with Gasteiger partial charge in [-0.05, 0) is 49.1 Å². The van der Waals surface area contributed by atoms with Gasteiger partial charge >= 0.3 is 12.1 Å². The van der Waals surface area contributed by atoms with Crippen molar-refractivity contribution >= 4 is 5.97 Å². The molecule has 2 rings (SSSR count). The van der Waals surface area contributed by atoms with E-state index < -0.39 is 18.2 Å². The van der Waals surface area contributed by atoms with Crippen LogP contribution in [0.4, 0.5) is 13.2 Å². The number of carbonyl (C=O) groups excluding carboxylic acids is 1. The van der Waals surface area contributed by atoms with E-state index in [4.69, 9.17) is 14.2 Å². The summed E-state index contributed by atoms with van der Waals surface area (Å²) < 4.78 is 54.4. The summed E-state index contributed by atoms with van der Waals surface area (Å²) in [6.45, 7) is 0.714. The maximum atomic E-state index is 13.1. The van der Waals surface area contributed by atoms with Crippen molar-refractivity contribution in [3.63, 3.8) is 0 Å². The lowest BCUT2D eigenvalue weighted by molar-refractivity contribution is -0.206. The predicted molar refractivity (Wildman–Crippen MR) is 98.2 cm³/mol. The Hall–Kier alpha value is -2.54. The molecule has 0 aliphatic rings. The third kappa shape index (κ3) is 7.23. The first-order chi connectivity index (χ1) is 13.4. The van der Waals surface area contributed by atoms with Gasteiger partial charge in [0.2, 0.25) is 0 Å². The minimum atomic E-state index is -4.61. The Kier molecular flexibility index (Phi) is 8.32. The highest BCUT2D eigenvalue weighted by atomic mass is 19.4. The molecule has 0 aliphatic heterocycles. The summed E-state index contributed by atoms with van der Waals surface area (Å²) in [5.41, 5.74) is 1.02. The number of alkyl halides is 3. The number of carbonyl (C=O) groups is 1. The number of methoxy groups -OCH3 is 1. The molecular formula is C21H23F3O4. The summed E-state index contributed by atoms with van der Waals surface area (Å²) in [4.78, 5) is 12.1. The Morgan fingerprint density at radius 2 is 1.68 bits per heavy atom. The van der Waals surface area contributed by atoms with Crippen LogP contribution in [0.2, 0.25) is 0 Å². The average molecular weight is 396 g/mol. The van der Waals surface area contributed by atoms with Crippen LogP contribution in [-0.4, -0.2) is 32.0 Å². The van der Waals surface area contributed by atoms with Gasteiger partial charge < -0.3 is 14.2 Å². The number of benzene rings is 2. The molecule has 0 saturated heterocycles. The van der Waals surface area contributed by atoms with E-state index in [2.05, 4.69) is 0 Å². The number of ether oxygens (including phenoxy) is 3. The second-order valence-electron chi connectivity index (χ2n) is 6.22. The van der Waals surface area contributed by atoms with Crippen molar-refractivity contribution in [3.8, 4) is 5.75 Å². The maximum absolute atomic E-state index is 13.1. The highest BCUT2D eigenvalue weighted by Crippen LogP contribution is 2.28. The van der Waals surface area contributed by atoms with Crippen LogP contribution < -0.4 is 4.74 Å². The van der Waals surface area contributed by atoms with E-state index in [-0.39, 0.29) is 18.4 Å². The summed E-state index contributed by atoms with van der Waals surface area (Å²) >= 11 is 0. The van der Waals surface area contributed by atoms with Crippen molar-refractivity contribution in [2.24, 2.45) is 0 Å². The van der Waals surface area contributed by atoms with Crippen molar-refractivity contribution in [1.82, 2.24) is 0 Å². The fraction of sp³-hybridized carbons (Fsp3) is 0.381. The van der Waals surface area contributed by atoms with E-state index in [1.165, 1.54) is 31.4 Å². The van der Waals surface area contributed by atoms with Gasteiger partial charge in [-0.1, -0.05) is 30.3 Å². The summed E-state index contributed by atoms with van der Waals surface area (Å²) in [5, 5.41) is 0. The van der Waals surface area contributed by atoms with E-state index in [1.54, 1.807) is 0 Å². The van der Waals surface area contributed by atoms with Crippen LogP contribution >= 0.6 is 0 Å². The van der Waals surface area contributed by atoms with Crippen molar-refractivity contribution in [3.05, 3.63) is 65.7 Å². The molecular weight excluding hydrogens is 373 g/mol. The topological polar surface area (TPSA) is 44.8 Å². The normalized spacial score (nSPS) is 12.4. The van der Waals surface area contributed by atoms with Gasteiger partial charge in [-0.3, -0.25) is 0 Å². The second-order valence-corrected chi connectivity index (χ2v) is 6.22. The Morgan fingerprint density at radius 1 is 1.00 bits per heavy atom. The molecule has 2 aromatic rings. The maximum Gasteiger partial charge on any atom is 0.425 e. The SMILES string of the molecule is COCCCCC(OC(=O)c1ccc(OCc2ccccc2)cc1)C(F)(F)F. The summed E-state index contributed by atoms with van der Waals surface area (Å²) in [5.74, 6) is -0.504. The van der Waals surface area contributed by atoms with E-state index in [1.807, 2.05) is 30.3 Å². The largest absolute Gasteiger partial charge is 0.489 e. The molecule has 0 N–H and O–H groups in total. The van der Waals surface area contributed by atoms with Gasteiger partial charge in [0.15, 0.2) is 6.10 Å². The Morgan fingerprint density at radius 3 is 2.29 bits per heavy atom. The molecule has 0 spiro atoms. The Bertz CT molecular complexity index is 715. The molecule has 28 heavy (non-hydrogen) atoms. The van der Waals surface area contributed by atoms with Crippen LogP contribution in [0.25, 0.3) is 0 Å². The fourth-order valence-electron chi connectivity index (χ4n) is 2.49. The molecule has 0 aliphatic carbocycles. The average Bonchev–Trinajstić information content (AvgIpc) is 2.69. The van der Waals surface area contributed by atoms with Crippen LogP contribution in [-0.2, 0) is 16.1 Å². The number of halogens is 3. The fourth-order valence-corrected chi connectivity index (χ4v) is 2.49. The lowest BCUT2D eigenvalue weighted by atomic mass is 10.1. The number of unbranched alkanes of at least 4 members (excludes halogenated alkanes) is 1. The lowest BCUT2D eigenvalue weighted by Crippen LogP contribution is -2.34. The number of hydrogen-bond donors (Lipinski definition) is 0. The molecule has 1 unspecified atom stereocenters. The first kappa shape index (κ1) is 21.8. The quantitative estimate of drug-likeness (QED) is 0.411. The van der Waals surface area contributed by atoms with E-state index in [0.717, 1.165) is 5.56 Å². The molecule has 0 aromatic heterocycles. The number of esters is 1. The zero-order chi connectivity index (χ0) is 20.4. The lowest BCUT2D eigenvalue weighted by Gasteiger charge is -2.20. The summed E-state index contributed by atoms with van der Waals surface area (Å²) in [7, 11) is 1.48. The molecule has 1 atom stereocenters. The monoisotopic (exact) mass is 396 g/mol. The van der Waals surface area contributed by atoms with Gasteiger partial charge in [0.05, 0.1) is 5.56 Å². The third-order valence-electron chi connectivity index (χ3n) is 4.02. The standard InChI is InChI=1S/C21H23F3O4/c1-26-14-6-5-9-19(21(22,23)24)28-20(25)17-10-12-18(13-11-17)27-15-16-7-3-2-4-8-16/h2-4,7-8,10-13,19H,5-6,9,14-15H2,1H3. The number of rotatable bonds is 10. The van der Waals surface area contributed by atoms with Crippen LogP contribution in [0.1, 0.15) is 35.2 Å². The molecule has 2 aromatic carbocycles. The summed E-state index contributed by atoms with van der Waals surface area (Å²) in [6, 6.07) is 15.3. The van der Waals surface area contributed by atoms with Crippen LogP contribution in [0.15, 0.2) is 54.6 Å². The Labute approximate surface area is 162 Å². The zero-order valence-corrected chi connectivity index (χ0v) is 15.6. The highest BCUT2D eigenvalue weighted by molar-refractivity contribution is 5.89. The molecule has 0 fully saturated rings. The van der Waals surface area contributed by atoms with Crippen molar-refractivity contribution in [1.29, 1.82) is 0 Å². The van der Waals surface area contributed by atoms with E-state index >= 15 is 0 Å².